The van der Waals surface area contributed by atoms with Gasteiger partial charge in [-0.3, -0.25) is 4.79 Å². The standard InChI is InChI=1S/C13H18F2N2O/c1-9(16)3-2-6-17-13(18)7-10-4-5-11(14)8-12(10)15/h4-5,8-9H,2-3,6-7,16H2,1H3,(H,17,18). The van der Waals surface area contributed by atoms with Crippen LogP contribution in [0.5, 0.6) is 0 Å². The molecule has 0 aromatic heterocycles. The van der Waals surface area contributed by atoms with Crippen molar-refractivity contribution in [2.45, 2.75) is 32.2 Å². The molecule has 1 rings (SSSR count). The maximum Gasteiger partial charge on any atom is 0.224 e. The molecule has 1 atom stereocenters. The number of amides is 1. The summed E-state index contributed by atoms with van der Waals surface area (Å²) in [6, 6.07) is 3.31. The monoisotopic (exact) mass is 256 g/mol. The van der Waals surface area contributed by atoms with Crippen molar-refractivity contribution in [3.63, 3.8) is 0 Å². The van der Waals surface area contributed by atoms with E-state index in [0.717, 1.165) is 25.0 Å². The molecule has 5 heteroatoms. The summed E-state index contributed by atoms with van der Waals surface area (Å²) in [5.41, 5.74) is 5.76. The van der Waals surface area contributed by atoms with Gasteiger partial charge in [0.25, 0.3) is 0 Å². The summed E-state index contributed by atoms with van der Waals surface area (Å²) in [6.07, 6.45) is 1.53. The predicted octanol–water partition coefficient (Wildman–Crippen LogP) is 1.75. The van der Waals surface area contributed by atoms with Crippen molar-refractivity contribution in [3.8, 4) is 0 Å². The molecule has 0 spiro atoms. The summed E-state index contributed by atoms with van der Waals surface area (Å²) in [5.74, 6) is -1.61. The molecule has 18 heavy (non-hydrogen) atoms. The lowest BCUT2D eigenvalue weighted by molar-refractivity contribution is -0.120. The van der Waals surface area contributed by atoms with Crippen LogP contribution in [0.15, 0.2) is 18.2 Å². The fourth-order valence-corrected chi connectivity index (χ4v) is 1.55. The Hall–Kier alpha value is -1.49. The van der Waals surface area contributed by atoms with E-state index < -0.39 is 11.6 Å². The number of carbonyl (C=O) groups is 1. The minimum atomic E-state index is -0.694. The maximum absolute atomic E-state index is 13.3. The van der Waals surface area contributed by atoms with E-state index in [1.807, 2.05) is 6.92 Å². The molecule has 0 aliphatic carbocycles. The van der Waals surface area contributed by atoms with Crippen molar-refractivity contribution in [1.29, 1.82) is 0 Å². The maximum atomic E-state index is 13.3. The normalized spacial score (nSPS) is 12.2. The van der Waals surface area contributed by atoms with E-state index in [0.29, 0.717) is 6.54 Å². The Labute approximate surface area is 105 Å². The highest BCUT2D eigenvalue weighted by Gasteiger charge is 2.08. The molecule has 1 amide bonds. The third-order valence-electron chi connectivity index (χ3n) is 2.52. The van der Waals surface area contributed by atoms with Crippen molar-refractivity contribution < 1.29 is 13.6 Å². The molecule has 3 N–H and O–H groups in total. The van der Waals surface area contributed by atoms with E-state index in [2.05, 4.69) is 5.32 Å². The Balaban J connectivity index is 2.35. The SMILES string of the molecule is CC(N)CCCNC(=O)Cc1ccc(F)cc1F. The van der Waals surface area contributed by atoms with Crippen LogP contribution in [0.3, 0.4) is 0 Å². The van der Waals surface area contributed by atoms with Gasteiger partial charge in [0.05, 0.1) is 6.42 Å². The second kappa shape index (κ2) is 7.06. The number of carbonyl (C=O) groups excluding carboxylic acids is 1. The van der Waals surface area contributed by atoms with Crippen molar-refractivity contribution in [2.75, 3.05) is 6.54 Å². The van der Waals surface area contributed by atoms with Crippen LogP contribution in [0.4, 0.5) is 8.78 Å². The van der Waals surface area contributed by atoms with E-state index in [1.54, 1.807) is 0 Å². The zero-order valence-corrected chi connectivity index (χ0v) is 10.4. The first-order chi connectivity index (χ1) is 8.49. The van der Waals surface area contributed by atoms with Gasteiger partial charge < -0.3 is 11.1 Å². The highest BCUT2D eigenvalue weighted by atomic mass is 19.1. The highest BCUT2D eigenvalue weighted by Crippen LogP contribution is 2.10. The summed E-state index contributed by atoms with van der Waals surface area (Å²) >= 11 is 0. The fraction of sp³-hybridized carbons (Fsp3) is 0.462. The average Bonchev–Trinajstić information content (AvgIpc) is 2.28. The van der Waals surface area contributed by atoms with Crippen molar-refractivity contribution in [1.82, 2.24) is 5.32 Å². The number of halogens is 2. The first-order valence-corrected chi connectivity index (χ1v) is 5.95. The van der Waals surface area contributed by atoms with Gasteiger partial charge in [-0.1, -0.05) is 6.07 Å². The molecule has 0 saturated heterocycles. The molecule has 0 radical (unpaired) electrons. The zero-order valence-electron chi connectivity index (χ0n) is 10.4. The van der Waals surface area contributed by atoms with Crippen LogP contribution in [-0.4, -0.2) is 18.5 Å². The summed E-state index contributed by atoms with van der Waals surface area (Å²) < 4.78 is 25.9. The first kappa shape index (κ1) is 14.6. The summed E-state index contributed by atoms with van der Waals surface area (Å²) in [6.45, 7) is 2.42. The van der Waals surface area contributed by atoms with E-state index in [-0.39, 0.29) is 23.9 Å². The average molecular weight is 256 g/mol. The second-order valence-corrected chi connectivity index (χ2v) is 4.38. The molecule has 100 valence electrons. The van der Waals surface area contributed by atoms with Crippen molar-refractivity contribution in [2.24, 2.45) is 5.73 Å². The third-order valence-corrected chi connectivity index (χ3v) is 2.52. The number of rotatable bonds is 6. The minimum absolute atomic E-state index is 0.0791. The van der Waals surface area contributed by atoms with Gasteiger partial charge in [0.15, 0.2) is 0 Å². The lowest BCUT2D eigenvalue weighted by Gasteiger charge is -2.07. The van der Waals surface area contributed by atoms with Gasteiger partial charge in [-0.15, -0.1) is 0 Å². The molecule has 1 unspecified atom stereocenters. The minimum Gasteiger partial charge on any atom is -0.356 e. The van der Waals surface area contributed by atoms with Gasteiger partial charge in [0, 0.05) is 18.7 Å². The predicted molar refractivity (Wildman–Crippen MR) is 66.0 cm³/mol. The zero-order chi connectivity index (χ0) is 13.5. The van der Waals surface area contributed by atoms with E-state index >= 15 is 0 Å². The lowest BCUT2D eigenvalue weighted by atomic mass is 10.1. The Kier molecular flexibility index (Phi) is 5.71. The second-order valence-electron chi connectivity index (χ2n) is 4.38. The van der Waals surface area contributed by atoms with Crippen molar-refractivity contribution >= 4 is 5.91 Å². The quantitative estimate of drug-likeness (QED) is 0.762. The molecule has 3 nitrogen and oxygen atoms in total. The lowest BCUT2D eigenvalue weighted by Crippen LogP contribution is -2.27. The Bertz CT molecular complexity index is 408. The molecule has 0 saturated carbocycles. The van der Waals surface area contributed by atoms with E-state index in [9.17, 15) is 13.6 Å². The number of nitrogens with two attached hydrogens (primary N) is 1. The summed E-state index contributed by atoms with van der Waals surface area (Å²) in [4.78, 5) is 11.5. The van der Waals surface area contributed by atoms with Gasteiger partial charge >= 0.3 is 0 Å². The van der Waals surface area contributed by atoms with Crippen LogP contribution in [-0.2, 0) is 11.2 Å². The van der Waals surface area contributed by atoms with E-state index in [4.69, 9.17) is 5.73 Å². The smallest absolute Gasteiger partial charge is 0.224 e. The largest absolute Gasteiger partial charge is 0.356 e. The number of hydrogen-bond donors (Lipinski definition) is 2. The third kappa shape index (κ3) is 5.23. The Morgan fingerprint density at radius 3 is 2.78 bits per heavy atom. The molecular formula is C13H18F2N2O. The molecule has 1 aromatic rings. The molecule has 0 heterocycles. The van der Waals surface area contributed by atoms with Gasteiger partial charge in [-0.2, -0.15) is 0 Å². The van der Waals surface area contributed by atoms with Gasteiger partial charge in [-0.05, 0) is 31.4 Å². The Morgan fingerprint density at radius 2 is 2.17 bits per heavy atom. The molecule has 0 bridgehead atoms. The van der Waals surface area contributed by atoms with Gasteiger partial charge in [0.2, 0.25) is 5.91 Å². The molecule has 0 fully saturated rings. The first-order valence-electron chi connectivity index (χ1n) is 5.95. The summed E-state index contributed by atoms with van der Waals surface area (Å²) in [5, 5.41) is 2.67. The van der Waals surface area contributed by atoms with Crippen LogP contribution in [0.25, 0.3) is 0 Å². The fourth-order valence-electron chi connectivity index (χ4n) is 1.55. The molecule has 0 aliphatic heterocycles. The van der Waals surface area contributed by atoms with Gasteiger partial charge in [-0.25, -0.2) is 8.78 Å². The van der Waals surface area contributed by atoms with Crippen LogP contribution in [0.2, 0.25) is 0 Å². The van der Waals surface area contributed by atoms with Crippen LogP contribution in [0.1, 0.15) is 25.3 Å². The summed E-state index contributed by atoms with van der Waals surface area (Å²) in [7, 11) is 0. The van der Waals surface area contributed by atoms with Gasteiger partial charge in [0.1, 0.15) is 11.6 Å². The number of nitrogens with one attached hydrogen (secondary N) is 1. The van der Waals surface area contributed by atoms with E-state index in [1.165, 1.54) is 6.07 Å². The van der Waals surface area contributed by atoms with Crippen LogP contribution in [0, 0.1) is 11.6 Å². The number of benzene rings is 1. The van der Waals surface area contributed by atoms with Crippen molar-refractivity contribution in [3.05, 3.63) is 35.4 Å². The van der Waals surface area contributed by atoms with Crippen LogP contribution < -0.4 is 11.1 Å². The van der Waals surface area contributed by atoms with Crippen LogP contribution >= 0.6 is 0 Å². The Morgan fingerprint density at radius 1 is 1.44 bits per heavy atom. The molecule has 0 aliphatic rings. The molecule has 1 aromatic carbocycles. The number of hydrogen-bond acceptors (Lipinski definition) is 2. The highest BCUT2D eigenvalue weighted by molar-refractivity contribution is 5.78. The topological polar surface area (TPSA) is 55.1 Å². The molecular weight excluding hydrogens is 238 g/mol.